The smallest absolute Gasteiger partial charge is 0.141 e. The van der Waals surface area contributed by atoms with E-state index in [9.17, 15) is 0 Å². The number of nitrogens with one attached hydrogen (secondary N) is 1. The quantitative estimate of drug-likeness (QED) is 0.943. The lowest BCUT2D eigenvalue weighted by molar-refractivity contribution is 0.732. The van der Waals surface area contributed by atoms with Gasteiger partial charge in [-0.05, 0) is 20.0 Å². The van der Waals surface area contributed by atoms with E-state index in [0.29, 0.717) is 0 Å². The summed E-state index contributed by atoms with van der Waals surface area (Å²) in [6, 6.07) is 8.16. The first-order valence-corrected chi connectivity index (χ1v) is 6.36. The Bertz CT molecular complexity index is 531. The van der Waals surface area contributed by atoms with Gasteiger partial charge in [-0.25, -0.2) is 4.98 Å². The lowest BCUT2D eigenvalue weighted by Crippen LogP contribution is -2.10. The van der Waals surface area contributed by atoms with E-state index in [0.717, 1.165) is 28.1 Å². The number of halogens is 1. The van der Waals surface area contributed by atoms with Crippen LogP contribution < -0.4 is 5.32 Å². The highest BCUT2D eigenvalue weighted by molar-refractivity contribution is 9.10. The van der Waals surface area contributed by atoms with Crippen LogP contribution >= 0.6 is 15.9 Å². The van der Waals surface area contributed by atoms with Gasteiger partial charge in [-0.15, -0.1) is 0 Å². The molecule has 0 atom stereocenters. The van der Waals surface area contributed by atoms with Gasteiger partial charge in [-0.2, -0.15) is 0 Å². The summed E-state index contributed by atoms with van der Waals surface area (Å²) >= 11 is 3.57. The molecule has 0 fully saturated rings. The molecule has 0 aliphatic carbocycles. The molecule has 0 saturated carbocycles. The first-order chi connectivity index (χ1) is 8.15. The number of hydrogen-bond donors (Lipinski definition) is 1. The Hall–Kier alpha value is -1.13. The zero-order chi connectivity index (χ0) is 12.4. The predicted octanol–water partition coefficient (Wildman–Crippen LogP) is 2.88. The number of aromatic nitrogens is 2. The number of imidazole rings is 1. The minimum absolute atomic E-state index is 0.833. The van der Waals surface area contributed by atoms with Crippen molar-refractivity contribution in [2.24, 2.45) is 7.05 Å². The second-order valence-corrected chi connectivity index (χ2v) is 4.89. The molecule has 1 aromatic heterocycles. The molecule has 17 heavy (non-hydrogen) atoms. The second kappa shape index (κ2) is 5.02. The average molecular weight is 294 g/mol. The molecule has 0 aliphatic rings. The van der Waals surface area contributed by atoms with Crippen molar-refractivity contribution in [3.05, 3.63) is 40.1 Å². The van der Waals surface area contributed by atoms with Gasteiger partial charge >= 0.3 is 0 Å². The van der Waals surface area contributed by atoms with Crippen LogP contribution in [0.4, 0.5) is 0 Å². The van der Waals surface area contributed by atoms with Crippen LogP contribution in [0.1, 0.15) is 11.4 Å². The molecule has 0 saturated heterocycles. The summed E-state index contributed by atoms with van der Waals surface area (Å²) in [6.45, 7) is 2.88. The molecule has 0 spiro atoms. The molecule has 4 heteroatoms. The molecule has 0 amide bonds. The molecule has 90 valence electrons. The third kappa shape index (κ3) is 2.28. The van der Waals surface area contributed by atoms with E-state index < -0.39 is 0 Å². The number of aryl methyl sites for hydroxylation is 1. The van der Waals surface area contributed by atoms with E-state index in [1.54, 1.807) is 0 Å². The van der Waals surface area contributed by atoms with Gasteiger partial charge in [0.15, 0.2) is 0 Å². The van der Waals surface area contributed by atoms with Gasteiger partial charge in [0, 0.05) is 23.6 Å². The van der Waals surface area contributed by atoms with Crippen LogP contribution in [-0.4, -0.2) is 16.6 Å². The van der Waals surface area contributed by atoms with Gasteiger partial charge in [-0.1, -0.05) is 34.1 Å². The molecule has 3 nitrogen and oxygen atoms in total. The Morgan fingerprint density at radius 3 is 2.71 bits per heavy atom. The van der Waals surface area contributed by atoms with E-state index >= 15 is 0 Å². The molecular weight excluding hydrogens is 278 g/mol. The van der Waals surface area contributed by atoms with Gasteiger partial charge < -0.3 is 9.88 Å². The fourth-order valence-corrected chi connectivity index (χ4v) is 2.43. The van der Waals surface area contributed by atoms with Crippen molar-refractivity contribution in [2.75, 3.05) is 7.05 Å². The third-order valence-electron chi connectivity index (χ3n) is 2.87. The highest BCUT2D eigenvalue weighted by Gasteiger charge is 2.13. The summed E-state index contributed by atoms with van der Waals surface area (Å²) in [4.78, 5) is 4.65. The maximum atomic E-state index is 4.65. The summed E-state index contributed by atoms with van der Waals surface area (Å²) in [5, 5.41) is 3.17. The Morgan fingerprint density at radius 2 is 2.06 bits per heavy atom. The largest absolute Gasteiger partial charge is 0.330 e. The molecule has 0 radical (unpaired) electrons. The normalized spacial score (nSPS) is 10.8. The molecule has 2 aromatic rings. The molecule has 1 N–H and O–H groups in total. The summed E-state index contributed by atoms with van der Waals surface area (Å²) in [6.07, 6.45) is 0. The van der Waals surface area contributed by atoms with Gasteiger partial charge in [0.1, 0.15) is 5.82 Å². The monoisotopic (exact) mass is 293 g/mol. The van der Waals surface area contributed by atoms with E-state index in [1.807, 2.05) is 32.2 Å². The summed E-state index contributed by atoms with van der Waals surface area (Å²) in [5.41, 5.74) is 3.42. The Labute approximate surface area is 110 Å². The number of rotatable bonds is 3. The number of benzene rings is 1. The first-order valence-electron chi connectivity index (χ1n) is 5.57. The molecule has 2 rings (SSSR count). The molecule has 1 aromatic carbocycles. The maximum absolute atomic E-state index is 4.65. The third-order valence-corrected chi connectivity index (χ3v) is 3.56. The van der Waals surface area contributed by atoms with Crippen LogP contribution in [0.25, 0.3) is 11.4 Å². The lowest BCUT2D eigenvalue weighted by Gasteiger charge is -2.07. The van der Waals surface area contributed by atoms with Crippen molar-refractivity contribution >= 4 is 15.9 Å². The lowest BCUT2D eigenvalue weighted by atomic mass is 10.2. The van der Waals surface area contributed by atoms with Gasteiger partial charge in [0.2, 0.25) is 0 Å². The van der Waals surface area contributed by atoms with Crippen molar-refractivity contribution in [1.29, 1.82) is 0 Å². The fraction of sp³-hybridized carbons (Fsp3) is 0.308. The molecule has 1 heterocycles. The summed E-state index contributed by atoms with van der Waals surface area (Å²) in [7, 11) is 4.01. The minimum atomic E-state index is 0.833. The van der Waals surface area contributed by atoms with Gasteiger partial charge in [0.25, 0.3) is 0 Å². The second-order valence-electron chi connectivity index (χ2n) is 4.04. The van der Waals surface area contributed by atoms with E-state index in [2.05, 4.69) is 43.9 Å². The van der Waals surface area contributed by atoms with Crippen LogP contribution in [0, 0.1) is 6.92 Å². The van der Waals surface area contributed by atoms with Crippen molar-refractivity contribution in [3.63, 3.8) is 0 Å². The zero-order valence-electron chi connectivity index (χ0n) is 10.3. The Kier molecular flexibility index (Phi) is 3.64. The summed E-state index contributed by atoms with van der Waals surface area (Å²) in [5.74, 6) is 1.00. The van der Waals surface area contributed by atoms with Crippen molar-refractivity contribution in [3.8, 4) is 11.4 Å². The van der Waals surface area contributed by atoms with Crippen LogP contribution in [-0.2, 0) is 13.6 Å². The zero-order valence-corrected chi connectivity index (χ0v) is 11.9. The predicted molar refractivity (Wildman–Crippen MR) is 73.8 cm³/mol. The average Bonchev–Trinajstić information content (AvgIpc) is 2.58. The molecule has 0 aliphatic heterocycles. The maximum Gasteiger partial charge on any atom is 0.141 e. The highest BCUT2D eigenvalue weighted by Crippen LogP contribution is 2.28. The fourth-order valence-electron chi connectivity index (χ4n) is 1.97. The molecular formula is C13H16BrN3. The minimum Gasteiger partial charge on any atom is -0.330 e. The van der Waals surface area contributed by atoms with Gasteiger partial charge in [0.05, 0.1) is 11.4 Å². The van der Waals surface area contributed by atoms with E-state index in [1.165, 1.54) is 5.69 Å². The number of hydrogen-bond acceptors (Lipinski definition) is 2. The Morgan fingerprint density at radius 1 is 1.35 bits per heavy atom. The van der Waals surface area contributed by atoms with Crippen LogP contribution in [0.3, 0.4) is 0 Å². The molecule has 0 bridgehead atoms. The van der Waals surface area contributed by atoms with Crippen molar-refractivity contribution in [2.45, 2.75) is 13.5 Å². The van der Waals surface area contributed by atoms with E-state index in [4.69, 9.17) is 0 Å². The van der Waals surface area contributed by atoms with Crippen molar-refractivity contribution < 1.29 is 0 Å². The number of nitrogens with zero attached hydrogens (tertiary/aromatic N) is 2. The first kappa shape index (κ1) is 12.3. The highest BCUT2D eigenvalue weighted by atomic mass is 79.9. The van der Waals surface area contributed by atoms with Crippen LogP contribution in [0.5, 0.6) is 0 Å². The van der Waals surface area contributed by atoms with Crippen LogP contribution in [0.15, 0.2) is 28.7 Å². The van der Waals surface area contributed by atoms with Crippen LogP contribution in [0.2, 0.25) is 0 Å². The standard InChI is InChI=1S/C13H16BrN3/c1-9-12(8-15-2)17(3)13(16-9)10-6-4-5-7-11(10)14/h4-7,15H,8H2,1-3H3. The Balaban J connectivity index is 2.54. The topological polar surface area (TPSA) is 29.9 Å². The van der Waals surface area contributed by atoms with Crippen molar-refractivity contribution in [1.82, 2.24) is 14.9 Å². The summed E-state index contributed by atoms with van der Waals surface area (Å²) < 4.78 is 3.22. The van der Waals surface area contributed by atoms with E-state index in [-0.39, 0.29) is 0 Å². The SMILES string of the molecule is CNCc1c(C)nc(-c2ccccc2Br)n1C. The van der Waals surface area contributed by atoms with Gasteiger partial charge in [-0.3, -0.25) is 0 Å². The molecule has 0 unspecified atom stereocenters.